The summed E-state index contributed by atoms with van der Waals surface area (Å²) in [4.78, 5) is 11.1. The normalized spacial score (nSPS) is 19.8. The molecule has 0 radical (unpaired) electrons. The van der Waals surface area contributed by atoms with Crippen LogP contribution in [0.2, 0.25) is 0 Å². The van der Waals surface area contributed by atoms with Crippen LogP contribution < -0.4 is 4.74 Å². The molecule has 0 amide bonds. The van der Waals surface area contributed by atoms with E-state index in [1.54, 1.807) is 19.1 Å². The fourth-order valence-electron chi connectivity index (χ4n) is 1.82. The summed E-state index contributed by atoms with van der Waals surface area (Å²) in [7, 11) is 0. The first-order valence-corrected chi connectivity index (χ1v) is 6.10. The van der Waals surface area contributed by atoms with Gasteiger partial charge in [-0.25, -0.2) is 0 Å². The highest BCUT2D eigenvalue weighted by Crippen LogP contribution is 2.24. The van der Waals surface area contributed by atoms with E-state index in [1.165, 1.54) is 0 Å². The van der Waals surface area contributed by atoms with Crippen LogP contribution in [0.1, 0.15) is 37.0 Å². The van der Waals surface area contributed by atoms with Crippen LogP contribution in [0.3, 0.4) is 0 Å². The number of carbonyl (C=O) groups excluding carboxylic acids is 1. The summed E-state index contributed by atoms with van der Waals surface area (Å²) in [5.74, 6) is 0.885. The van der Waals surface area contributed by atoms with Crippen LogP contribution in [0, 0.1) is 0 Å². The molecule has 1 aliphatic heterocycles. The summed E-state index contributed by atoms with van der Waals surface area (Å²) >= 11 is 0. The molecule has 0 N–H and O–H groups in total. The second-order valence-electron chi connectivity index (χ2n) is 4.40. The van der Waals surface area contributed by atoms with Gasteiger partial charge in [-0.1, -0.05) is 13.3 Å². The van der Waals surface area contributed by atoms with Crippen molar-refractivity contribution in [2.24, 2.45) is 0 Å². The van der Waals surface area contributed by atoms with Gasteiger partial charge in [0.1, 0.15) is 18.0 Å². The SMILES string of the molecule is CCCC(Oc1ccc(C(C)=O)cc1)C1CO1. The maximum atomic E-state index is 11.1. The summed E-state index contributed by atoms with van der Waals surface area (Å²) in [6.45, 7) is 4.50. The Hall–Kier alpha value is -1.35. The highest BCUT2D eigenvalue weighted by molar-refractivity contribution is 5.94. The van der Waals surface area contributed by atoms with Crippen molar-refractivity contribution in [2.75, 3.05) is 6.61 Å². The largest absolute Gasteiger partial charge is 0.488 e. The summed E-state index contributed by atoms with van der Waals surface area (Å²) < 4.78 is 11.2. The van der Waals surface area contributed by atoms with Crippen LogP contribution in [0.25, 0.3) is 0 Å². The van der Waals surface area contributed by atoms with E-state index in [-0.39, 0.29) is 18.0 Å². The van der Waals surface area contributed by atoms with E-state index in [4.69, 9.17) is 9.47 Å². The Balaban J connectivity index is 1.99. The Morgan fingerprint density at radius 1 is 1.47 bits per heavy atom. The van der Waals surface area contributed by atoms with Crippen LogP contribution in [-0.4, -0.2) is 24.6 Å². The summed E-state index contributed by atoms with van der Waals surface area (Å²) in [5.41, 5.74) is 0.715. The van der Waals surface area contributed by atoms with E-state index < -0.39 is 0 Å². The second-order valence-corrected chi connectivity index (χ2v) is 4.40. The Labute approximate surface area is 102 Å². The van der Waals surface area contributed by atoms with Crippen LogP contribution in [0.4, 0.5) is 0 Å². The molecule has 17 heavy (non-hydrogen) atoms. The molecule has 2 rings (SSSR count). The Morgan fingerprint density at radius 2 is 2.12 bits per heavy atom. The summed E-state index contributed by atoms with van der Waals surface area (Å²) in [6.07, 6.45) is 2.47. The molecule has 1 aliphatic rings. The molecule has 0 aliphatic carbocycles. The van der Waals surface area contributed by atoms with E-state index in [2.05, 4.69) is 6.92 Å². The number of rotatable bonds is 6. The van der Waals surface area contributed by atoms with Crippen molar-refractivity contribution in [3.05, 3.63) is 29.8 Å². The van der Waals surface area contributed by atoms with Gasteiger partial charge >= 0.3 is 0 Å². The Kier molecular flexibility index (Phi) is 3.79. The van der Waals surface area contributed by atoms with Gasteiger partial charge in [0.25, 0.3) is 0 Å². The zero-order valence-electron chi connectivity index (χ0n) is 10.3. The van der Waals surface area contributed by atoms with Gasteiger partial charge in [0.2, 0.25) is 0 Å². The monoisotopic (exact) mass is 234 g/mol. The lowest BCUT2D eigenvalue weighted by molar-refractivity contribution is 0.101. The van der Waals surface area contributed by atoms with Crippen LogP contribution in [0.5, 0.6) is 5.75 Å². The quantitative estimate of drug-likeness (QED) is 0.561. The van der Waals surface area contributed by atoms with Gasteiger partial charge in [-0.2, -0.15) is 0 Å². The Bertz CT molecular complexity index is 379. The van der Waals surface area contributed by atoms with Gasteiger partial charge in [-0.05, 0) is 37.6 Å². The molecule has 2 unspecified atom stereocenters. The fourth-order valence-corrected chi connectivity index (χ4v) is 1.82. The lowest BCUT2D eigenvalue weighted by Crippen LogP contribution is -2.22. The van der Waals surface area contributed by atoms with Crippen LogP contribution in [-0.2, 0) is 4.74 Å². The molecule has 0 aromatic heterocycles. The Morgan fingerprint density at radius 3 is 2.59 bits per heavy atom. The number of carbonyl (C=O) groups is 1. The number of benzene rings is 1. The molecule has 2 atom stereocenters. The van der Waals surface area contributed by atoms with Crippen molar-refractivity contribution in [1.29, 1.82) is 0 Å². The van der Waals surface area contributed by atoms with Crippen LogP contribution >= 0.6 is 0 Å². The molecule has 0 saturated carbocycles. The number of hydrogen-bond donors (Lipinski definition) is 0. The molecule has 1 aromatic rings. The molecule has 1 fully saturated rings. The molecule has 1 aromatic carbocycles. The van der Waals surface area contributed by atoms with Crippen molar-refractivity contribution in [3.8, 4) is 5.75 Å². The highest BCUT2D eigenvalue weighted by atomic mass is 16.6. The van der Waals surface area contributed by atoms with Gasteiger partial charge in [0.05, 0.1) is 6.61 Å². The maximum absolute atomic E-state index is 11.1. The number of hydrogen-bond acceptors (Lipinski definition) is 3. The highest BCUT2D eigenvalue weighted by Gasteiger charge is 2.33. The van der Waals surface area contributed by atoms with Gasteiger partial charge in [0, 0.05) is 5.56 Å². The third-order valence-corrected chi connectivity index (χ3v) is 2.90. The minimum absolute atomic E-state index is 0.0761. The van der Waals surface area contributed by atoms with Gasteiger partial charge in [-0.3, -0.25) is 4.79 Å². The average Bonchev–Trinajstić information content (AvgIpc) is 3.13. The van der Waals surface area contributed by atoms with E-state index in [9.17, 15) is 4.79 Å². The number of epoxide rings is 1. The van der Waals surface area contributed by atoms with Crippen LogP contribution in [0.15, 0.2) is 24.3 Å². The first-order chi connectivity index (χ1) is 8.20. The van der Waals surface area contributed by atoms with E-state index in [0.29, 0.717) is 5.56 Å². The van der Waals surface area contributed by atoms with E-state index in [1.807, 2.05) is 12.1 Å². The van der Waals surface area contributed by atoms with E-state index in [0.717, 1.165) is 25.2 Å². The number of ether oxygens (including phenoxy) is 2. The molecular formula is C14H18O3. The summed E-state index contributed by atoms with van der Waals surface area (Å²) in [6, 6.07) is 7.30. The minimum Gasteiger partial charge on any atom is -0.488 e. The lowest BCUT2D eigenvalue weighted by atomic mass is 10.1. The van der Waals surface area contributed by atoms with Gasteiger partial charge in [-0.15, -0.1) is 0 Å². The molecular weight excluding hydrogens is 216 g/mol. The first kappa shape index (κ1) is 12.1. The van der Waals surface area contributed by atoms with Gasteiger partial charge in [0.15, 0.2) is 5.78 Å². The molecule has 1 saturated heterocycles. The third-order valence-electron chi connectivity index (χ3n) is 2.90. The standard InChI is InChI=1S/C14H18O3/c1-3-4-13(14-9-16-14)17-12-7-5-11(6-8-12)10(2)15/h5-8,13-14H,3-4,9H2,1-2H3. The average molecular weight is 234 g/mol. The van der Waals surface area contributed by atoms with E-state index >= 15 is 0 Å². The number of ketones is 1. The smallest absolute Gasteiger partial charge is 0.159 e. The minimum atomic E-state index is 0.0761. The lowest BCUT2D eigenvalue weighted by Gasteiger charge is -2.16. The molecule has 3 nitrogen and oxygen atoms in total. The van der Waals surface area contributed by atoms with Gasteiger partial charge < -0.3 is 9.47 Å². The van der Waals surface area contributed by atoms with Crippen molar-refractivity contribution >= 4 is 5.78 Å². The first-order valence-electron chi connectivity index (χ1n) is 6.10. The molecule has 1 heterocycles. The number of Topliss-reactive ketones (excluding diaryl/α,β-unsaturated/α-hetero) is 1. The summed E-state index contributed by atoms with van der Waals surface area (Å²) in [5, 5.41) is 0. The molecule has 3 heteroatoms. The van der Waals surface area contributed by atoms with Crippen molar-refractivity contribution in [1.82, 2.24) is 0 Å². The van der Waals surface area contributed by atoms with Crippen molar-refractivity contribution in [2.45, 2.75) is 38.9 Å². The zero-order valence-corrected chi connectivity index (χ0v) is 10.3. The molecule has 0 bridgehead atoms. The third kappa shape index (κ3) is 3.30. The predicted octanol–water partition coefficient (Wildman–Crippen LogP) is 2.84. The second kappa shape index (κ2) is 5.32. The molecule has 92 valence electrons. The predicted molar refractivity (Wildman–Crippen MR) is 65.5 cm³/mol. The topological polar surface area (TPSA) is 38.8 Å². The molecule has 0 spiro atoms. The fraction of sp³-hybridized carbons (Fsp3) is 0.500. The van der Waals surface area contributed by atoms with Crippen molar-refractivity contribution in [3.63, 3.8) is 0 Å². The zero-order chi connectivity index (χ0) is 12.3. The van der Waals surface area contributed by atoms with Crippen molar-refractivity contribution < 1.29 is 14.3 Å². The maximum Gasteiger partial charge on any atom is 0.159 e.